The number of anilines is 1. The average Bonchev–Trinajstić information content (AvgIpc) is 2.76. The van der Waals surface area contributed by atoms with Crippen LogP contribution in [-0.2, 0) is 4.79 Å². The average molecular weight is 328 g/mol. The summed E-state index contributed by atoms with van der Waals surface area (Å²) in [6, 6.07) is 7.38. The molecule has 1 amide bonds. The van der Waals surface area contributed by atoms with Gasteiger partial charge in [-0.15, -0.1) is 10.2 Å². The van der Waals surface area contributed by atoms with Crippen LogP contribution in [0.2, 0.25) is 0 Å². The van der Waals surface area contributed by atoms with Crippen molar-refractivity contribution in [2.24, 2.45) is 0 Å². The molecule has 0 saturated heterocycles. The van der Waals surface area contributed by atoms with E-state index in [4.69, 9.17) is 4.42 Å². The summed E-state index contributed by atoms with van der Waals surface area (Å²) in [5, 5.41) is 10.7. The molecule has 0 spiro atoms. The van der Waals surface area contributed by atoms with Crippen LogP contribution < -0.4 is 5.32 Å². The van der Waals surface area contributed by atoms with Crippen molar-refractivity contribution in [3.63, 3.8) is 0 Å². The molecule has 2 aromatic rings. The Morgan fingerprint density at radius 3 is 2.72 bits per heavy atom. The van der Waals surface area contributed by atoms with Gasteiger partial charge in [-0.2, -0.15) is 0 Å². The molecule has 94 valence electrons. The lowest BCUT2D eigenvalue weighted by Crippen LogP contribution is -2.13. The summed E-state index contributed by atoms with van der Waals surface area (Å²) in [7, 11) is 0. The maximum Gasteiger partial charge on any atom is 0.277 e. The van der Waals surface area contributed by atoms with E-state index in [2.05, 4.69) is 31.4 Å². The van der Waals surface area contributed by atoms with Gasteiger partial charge in [0.1, 0.15) is 0 Å². The van der Waals surface area contributed by atoms with Crippen LogP contribution in [0.15, 0.2) is 38.4 Å². The third-order valence-electron chi connectivity index (χ3n) is 1.96. The summed E-state index contributed by atoms with van der Waals surface area (Å²) in [5.41, 5.74) is 0.755. The predicted molar refractivity (Wildman–Crippen MR) is 72.5 cm³/mol. The first-order valence-corrected chi connectivity index (χ1v) is 6.89. The standard InChI is InChI=1S/C11H10BrN3O2S/c1-7-14-15-11(17-7)18-6-10(16)13-9-4-2-8(12)3-5-9/h2-5H,6H2,1H3,(H,13,16). The molecule has 0 aliphatic carbocycles. The van der Waals surface area contributed by atoms with Gasteiger partial charge in [0.2, 0.25) is 11.8 Å². The fourth-order valence-electron chi connectivity index (χ4n) is 1.19. The lowest BCUT2D eigenvalue weighted by Gasteiger charge is -2.03. The summed E-state index contributed by atoms with van der Waals surface area (Å²) < 4.78 is 6.12. The topological polar surface area (TPSA) is 68.0 Å². The van der Waals surface area contributed by atoms with E-state index in [0.717, 1.165) is 10.2 Å². The Balaban J connectivity index is 1.83. The molecule has 0 bridgehead atoms. The van der Waals surface area contributed by atoms with Gasteiger partial charge < -0.3 is 9.73 Å². The first-order valence-electron chi connectivity index (χ1n) is 5.12. The van der Waals surface area contributed by atoms with E-state index in [-0.39, 0.29) is 11.7 Å². The number of nitrogens with one attached hydrogen (secondary N) is 1. The lowest BCUT2D eigenvalue weighted by molar-refractivity contribution is -0.113. The summed E-state index contributed by atoms with van der Waals surface area (Å²) >= 11 is 4.54. The number of aromatic nitrogens is 2. The van der Waals surface area contributed by atoms with Gasteiger partial charge in [-0.3, -0.25) is 4.79 Å². The van der Waals surface area contributed by atoms with Crippen LogP contribution in [-0.4, -0.2) is 21.9 Å². The quantitative estimate of drug-likeness (QED) is 0.874. The molecule has 1 heterocycles. The van der Waals surface area contributed by atoms with Gasteiger partial charge in [-0.1, -0.05) is 27.7 Å². The number of aryl methyl sites for hydroxylation is 1. The van der Waals surface area contributed by atoms with Crippen molar-refractivity contribution < 1.29 is 9.21 Å². The molecule has 7 heteroatoms. The van der Waals surface area contributed by atoms with E-state index in [1.165, 1.54) is 11.8 Å². The van der Waals surface area contributed by atoms with Crippen molar-refractivity contribution >= 4 is 39.3 Å². The van der Waals surface area contributed by atoms with Crippen LogP contribution in [0.5, 0.6) is 0 Å². The molecule has 1 aromatic carbocycles. The number of halogens is 1. The Morgan fingerprint density at radius 1 is 1.39 bits per heavy atom. The number of rotatable bonds is 4. The third-order valence-corrected chi connectivity index (χ3v) is 3.31. The predicted octanol–water partition coefficient (Wildman–Crippen LogP) is 2.87. The van der Waals surface area contributed by atoms with Gasteiger partial charge in [-0.05, 0) is 24.3 Å². The minimum absolute atomic E-state index is 0.113. The largest absolute Gasteiger partial charge is 0.416 e. The van der Waals surface area contributed by atoms with Crippen molar-refractivity contribution in [2.75, 3.05) is 11.1 Å². The minimum Gasteiger partial charge on any atom is -0.416 e. The Labute approximate surface area is 116 Å². The Kier molecular flexibility index (Phi) is 4.38. The number of nitrogens with zero attached hydrogens (tertiary/aromatic N) is 2. The molecular weight excluding hydrogens is 318 g/mol. The molecule has 0 fully saturated rings. The number of benzene rings is 1. The van der Waals surface area contributed by atoms with E-state index in [9.17, 15) is 4.79 Å². The third kappa shape index (κ3) is 3.85. The number of hydrogen-bond donors (Lipinski definition) is 1. The SMILES string of the molecule is Cc1nnc(SCC(=O)Nc2ccc(Br)cc2)o1. The highest BCUT2D eigenvalue weighted by atomic mass is 79.9. The van der Waals surface area contributed by atoms with Crippen LogP contribution in [0.4, 0.5) is 5.69 Å². The number of amides is 1. The van der Waals surface area contributed by atoms with Crippen molar-refractivity contribution in [2.45, 2.75) is 12.1 Å². The van der Waals surface area contributed by atoms with E-state index < -0.39 is 0 Å². The molecule has 2 rings (SSSR count). The number of carbonyl (C=O) groups excluding carboxylic acids is 1. The molecule has 0 unspecified atom stereocenters. The number of hydrogen-bond acceptors (Lipinski definition) is 5. The minimum atomic E-state index is -0.113. The highest BCUT2D eigenvalue weighted by Gasteiger charge is 2.07. The van der Waals surface area contributed by atoms with E-state index in [1.54, 1.807) is 6.92 Å². The summed E-state index contributed by atoms with van der Waals surface area (Å²) in [4.78, 5) is 11.6. The van der Waals surface area contributed by atoms with Crippen molar-refractivity contribution in [1.29, 1.82) is 0 Å². The van der Waals surface area contributed by atoms with E-state index >= 15 is 0 Å². The van der Waals surface area contributed by atoms with Crippen LogP contribution in [0, 0.1) is 6.92 Å². The van der Waals surface area contributed by atoms with Crippen molar-refractivity contribution in [1.82, 2.24) is 10.2 Å². The van der Waals surface area contributed by atoms with Crippen LogP contribution >= 0.6 is 27.7 Å². The molecule has 0 atom stereocenters. The highest BCUT2D eigenvalue weighted by molar-refractivity contribution is 9.10. The Hall–Kier alpha value is -1.34. The van der Waals surface area contributed by atoms with Crippen LogP contribution in [0.1, 0.15) is 5.89 Å². The van der Waals surface area contributed by atoms with Crippen molar-refractivity contribution in [3.8, 4) is 0 Å². The van der Waals surface area contributed by atoms with Crippen molar-refractivity contribution in [3.05, 3.63) is 34.6 Å². The Bertz CT molecular complexity index is 541. The normalized spacial score (nSPS) is 10.3. The molecular formula is C11H10BrN3O2S. The monoisotopic (exact) mass is 327 g/mol. The fourth-order valence-corrected chi connectivity index (χ4v) is 2.06. The van der Waals surface area contributed by atoms with E-state index in [0.29, 0.717) is 11.1 Å². The van der Waals surface area contributed by atoms with Crippen LogP contribution in [0.25, 0.3) is 0 Å². The summed E-state index contributed by atoms with van der Waals surface area (Å²) in [5.74, 6) is 0.613. The zero-order chi connectivity index (χ0) is 13.0. The zero-order valence-corrected chi connectivity index (χ0v) is 11.9. The summed E-state index contributed by atoms with van der Waals surface area (Å²) in [6.07, 6.45) is 0. The summed E-state index contributed by atoms with van der Waals surface area (Å²) in [6.45, 7) is 1.71. The maximum absolute atomic E-state index is 11.6. The van der Waals surface area contributed by atoms with Gasteiger partial charge in [-0.25, -0.2) is 0 Å². The molecule has 1 N–H and O–H groups in total. The molecule has 0 aliphatic rings. The molecule has 18 heavy (non-hydrogen) atoms. The van der Waals surface area contributed by atoms with Gasteiger partial charge >= 0.3 is 0 Å². The van der Waals surface area contributed by atoms with E-state index in [1.807, 2.05) is 24.3 Å². The molecule has 1 aromatic heterocycles. The van der Waals surface area contributed by atoms with Gasteiger partial charge in [0.25, 0.3) is 5.22 Å². The van der Waals surface area contributed by atoms with Gasteiger partial charge in [0, 0.05) is 17.1 Å². The first-order chi connectivity index (χ1) is 8.63. The smallest absolute Gasteiger partial charge is 0.277 e. The second-order valence-corrected chi connectivity index (χ2v) is 5.27. The second kappa shape index (κ2) is 6.01. The molecule has 0 aliphatic heterocycles. The number of carbonyl (C=O) groups is 1. The Morgan fingerprint density at radius 2 is 2.11 bits per heavy atom. The molecule has 5 nitrogen and oxygen atoms in total. The van der Waals surface area contributed by atoms with Gasteiger partial charge in [0.15, 0.2) is 0 Å². The fraction of sp³-hybridized carbons (Fsp3) is 0.182. The first kappa shape index (κ1) is 13.1. The number of thioether (sulfide) groups is 1. The highest BCUT2D eigenvalue weighted by Crippen LogP contribution is 2.17. The lowest BCUT2D eigenvalue weighted by atomic mass is 10.3. The molecule has 0 saturated carbocycles. The zero-order valence-electron chi connectivity index (χ0n) is 9.51. The second-order valence-electron chi connectivity index (χ2n) is 3.43. The van der Waals surface area contributed by atoms with Crippen LogP contribution in [0.3, 0.4) is 0 Å². The van der Waals surface area contributed by atoms with Gasteiger partial charge in [0.05, 0.1) is 5.75 Å². The molecule has 0 radical (unpaired) electrons. The maximum atomic E-state index is 11.6.